The monoisotopic (exact) mass is 444 g/mol. The second kappa shape index (κ2) is 8.40. The Morgan fingerprint density at radius 2 is 1.73 bits per heavy atom. The zero-order chi connectivity index (χ0) is 21.3. The molecular weight excluding hydrogens is 423 g/mol. The van der Waals surface area contributed by atoms with Crippen LogP contribution >= 0.6 is 23.2 Å². The summed E-state index contributed by atoms with van der Waals surface area (Å²) < 4.78 is 5.33. The summed E-state index contributed by atoms with van der Waals surface area (Å²) in [6.07, 6.45) is 4.55. The number of methoxy groups -OCH3 is 1. The van der Waals surface area contributed by atoms with Gasteiger partial charge in [0.1, 0.15) is 17.1 Å². The average Bonchev–Trinajstić information content (AvgIpc) is 3.00. The summed E-state index contributed by atoms with van der Waals surface area (Å²) in [7, 11) is 1.49. The molecule has 0 N–H and O–H groups in total. The Labute approximate surface area is 185 Å². The maximum atomic E-state index is 13.4. The van der Waals surface area contributed by atoms with Gasteiger partial charge >= 0.3 is 0 Å². The lowest BCUT2D eigenvalue weighted by atomic mass is 9.88. The van der Waals surface area contributed by atoms with Gasteiger partial charge in [0, 0.05) is 15.6 Å². The molecule has 1 fully saturated rings. The number of ether oxygens (including phenoxy) is 1. The first kappa shape index (κ1) is 20.9. The SMILES string of the molecule is COc1cc(Cl)ccc1C(=O)CN1C(=O)C(c2ccc(Cl)cc2)=NC12CCCCC2. The van der Waals surface area contributed by atoms with Crippen LogP contribution < -0.4 is 4.74 Å². The molecule has 4 rings (SSSR count). The highest BCUT2D eigenvalue weighted by Crippen LogP contribution is 2.40. The molecule has 1 spiro atoms. The van der Waals surface area contributed by atoms with Crippen LogP contribution in [0.4, 0.5) is 0 Å². The number of amides is 1. The highest BCUT2D eigenvalue weighted by molar-refractivity contribution is 6.47. The van der Waals surface area contributed by atoms with E-state index in [1.54, 1.807) is 47.4 Å². The molecule has 0 aromatic heterocycles. The van der Waals surface area contributed by atoms with E-state index in [9.17, 15) is 9.59 Å². The van der Waals surface area contributed by atoms with Gasteiger partial charge in [-0.1, -0.05) is 41.8 Å². The van der Waals surface area contributed by atoms with Crippen LogP contribution in [0.3, 0.4) is 0 Å². The first-order valence-corrected chi connectivity index (χ1v) is 10.7. The molecule has 1 amide bonds. The molecule has 1 heterocycles. The van der Waals surface area contributed by atoms with Gasteiger partial charge in [0.2, 0.25) is 0 Å². The quantitative estimate of drug-likeness (QED) is 0.597. The molecule has 156 valence electrons. The molecule has 0 unspecified atom stereocenters. The van der Waals surface area contributed by atoms with Crippen molar-refractivity contribution in [2.45, 2.75) is 37.8 Å². The van der Waals surface area contributed by atoms with Crippen molar-refractivity contribution in [2.24, 2.45) is 4.99 Å². The van der Waals surface area contributed by atoms with Crippen molar-refractivity contribution >= 4 is 40.6 Å². The lowest BCUT2D eigenvalue weighted by Gasteiger charge is -2.38. The highest BCUT2D eigenvalue weighted by Gasteiger charge is 2.48. The van der Waals surface area contributed by atoms with E-state index in [-0.39, 0.29) is 18.2 Å². The standard InChI is InChI=1S/C23H22Cl2N2O3/c1-30-20-13-17(25)9-10-18(20)19(28)14-27-22(29)21(15-5-7-16(24)8-6-15)26-23(27)11-3-2-4-12-23/h5-10,13H,2-4,11-12,14H2,1H3. The Hall–Kier alpha value is -2.37. The molecule has 0 atom stereocenters. The number of nitrogens with zero attached hydrogens (tertiary/aromatic N) is 2. The first-order valence-electron chi connectivity index (χ1n) is 9.98. The summed E-state index contributed by atoms with van der Waals surface area (Å²) in [4.78, 5) is 33.1. The van der Waals surface area contributed by atoms with Crippen molar-refractivity contribution < 1.29 is 14.3 Å². The maximum absolute atomic E-state index is 13.4. The van der Waals surface area contributed by atoms with Crippen LogP contribution in [-0.4, -0.2) is 41.6 Å². The second-order valence-corrected chi connectivity index (χ2v) is 8.54. The predicted molar refractivity (Wildman–Crippen MR) is 118 cm³/mol. The summed E-state index contributed by atoms with van der Waals surface area (Å²) in [6, 6.07) is 12.0. The predicted octanol–water partition coefficient (Wildman–Crippen LogP) is 5.18. The summed E-state index contributed by atoms with van der Waals surface area (Å²) >= 11 is 12.0. The maximum Gasteiger partial charge on any atom is 0.275 e. The van der Waals surface area contributed by atoms with Gasteiger partial charge in [-0.05, 0) is 56.0 Å². The van der Waals surface area contributed by atoms with Crippen molar-refractivity contribution in [2.75, 3.05) is 13.7 Å². The number of benzene rings is 2. The Kier molecular flexibility index (Phi) is 5.85. The van der Waals surface area contributed by atoms with E-state index in [1.807, 2.05) is 0 Å². The number of rotatable bonds is 5. The van der Waals surface area contributed by atoms with Gasteiger partial charge in [-0.15, -0.1) is 0 Å². The number of hydrogen-bond donors (Lipinski definition) is 0. The van der Waals surface area contributed by atoms with E-state index < -0.39 is 5.66 Å². The van der Waals surface area contributed by atoms with Gasteiger partial charge in [0.25, 0.3) is 5.91 Å². The van der Waals surface area contributed by atoms with Gasteiger partial charge in [0.15, 0.2) is 5.78 Å². The molecule has 30 heavy (non-hydrogen) atoms. The number of halogens is 2. The Morgan fingerprint density at radius 3 is 2.40 bits per heavy atom. The van der Waals surface area contributed by atoms with Gasteiger partial charge < -0.3 is 9.64 Å². The van der Waals surface area contributed by atoms with E-state index >= 15 is 0 Å². The molecule has 0 bridgehead atoms. The van der Waals surface area contributed by atoms with E-state index in [2.05, 4.69) is 0 Å². The van der Waals surface area contributed by atoms with E-state index in [4.69, 9.17) is 32.9 Å². The van der Waals surface area contributed by atoms with E-state index in [0.717, 1.165) is 32.1 Å². The summed E-state index contributed by atoms with van der Waals surface area (Å²) in [5.74, 6) is -0.0226. The fraction of sp³-hybridized carbons (Fsp3) is 0.348. The third kappa shape index (κ3) is 3.84. The molecule has 1 aliphatic heterocycles. The largest absolute Gasteiger partial charge is 0.496 e. The van der Waals surface area contributed by atoms with Crippen LogP contribution in [0.15, 0.2) is 47.5 Å². The zero-order valence-corrected chi connectivity index (χ0v) is 18.2. The lowest BCUT2D eigenvalue weighted by Crippen LogP contribution is -2.50. The van der Waals surface area contributed by atoms with Crippen molar-refractivity contribution in [3.63, 3.8) is 0 Å². The normalized spacial score (nSPS) is 17.9. The number of Topliss-reactive ketones (excluding diaryl/α,β-unsaturated/α-hetero) is 1. The summed E-state index contributed by atoms with van der Waals surface area (Å²) in [6.45, 7) is -0.0581. The third-order valence-corrected chi connectivity index (χ3v) is 6.29. The van der Waals surface area contributed by atoms with Gasteiger partial charge in [-0.2, -0.15) is 0 Å². The smallest absolute Gasteiger partial charge is 0.275 e. The van der Waals surface area contributed by atoms with Crippen LogP contribution in [0.25, 0.3) is 0 Å². The lowest BCUT2D eigenvalue weighted by molar-refractivity contribution is -0.128. The van der Waals surface area contributed by atoms with Crippen molar-refractivity contribution in [3.8, 4) is 5.75 Å². The molecule has 0 saturated heterocycles. The number of aliphatic imine (C=N–C) groups is 1. The molecule has 7 heteroatoms. The minimum Gasteiger partial charge on any atom is -0.496 e. The Balaban J connectivity index is 1.67. The van der Waals surface area contributed by atoms with Gasteiger partial charge in [-0.3, -0.25) is 14.6 Å². The van der Waals surface area contributed by atoms with Crippen molar-refractivity contribution in [1.82, 2.24) is 4.90 Å². The third-order valence-electron chi connectivity index (χ3n) is 5.81. The molecule has 5 nitrogen and oxygen atoms in total. The van der Waals surface area contributed by atoms with Gasteiger partial charge in [-0.25, -0.2) is 0 Å². The number of ketones is 1. The minimum absolute atomic E-state index is 0.0581. The van der Waals surface area contributed by atoms with Crippen LogP contribution in [0, 0.1) is 0 Å². The highest BCUT2D eigenvalue weighted by atomic mass is 35.5. The van der Waals surface area contributed by atoms with Crippen molar-refractivity contribution in [1.29, 1.82) is 0 Å². The summed E-state index contributed by atoms with van der Waals surface area (Å²) in [5, 5.41) is 1.08. The van der Waals surface area contributed by atoms with Gasteiger partial charge in [0.05, 0.1) is 19.2 Å². The fourth-order valence-electron chi connectivity index (χ4n) is 4.27. The first-order chi connectivity index (χ1) is 14.4. The average molecular weight is 445 g/mol. The van der Waals surface area contributed by atoms with Crippen LogP contribution in [0.1, 0.15) is 48.0 Å². The zero-order valence-electron chi connectivity index (χ0n) is 16.7. The minimum atomic E-state index is -0.667. The van der Waals surface area contributed by atoms with Crippen molar-refractivity contribution in [3.05, 3.63) is 63.6 Å². The number of carbonyl (C=O) groups is 2. The molecule has 1 aliphatic carbocycles. The molecule has 2 aromatic rings. The molecular formula is C23H22Cl2N2O3. The molecule has 2 aliphatic rings. The summed E-state index contributed by atoms with van der Waals surface area (Å²) in [5.41, 5.74) is 0.845. The van der Waals surface area contributed by atoms with E-state index in [1.165, 1.54) is 7.11 Å². The number of carbonyl (C=O) groups excluding carboxylic acids is 2. The molecule has 0 radical (unpaired) electrons. The molecule has 1 saturated carbocycles. The van der Waals surface area contributed by atoms with E-state index in [0.29, 0.717) is 32.6 Å². The topological polar surface area (TPSA) is 59.0 Å². The Morgan fingerprint density at radius 1 is 1.07 bits per heavy atom. The number of hydrogen-bond acceptors (Lipinski definition) is 4. The van der Waals surface area contributed by atoms with Crippen LogP contribution in [0.5, 0.6) is 5.75 Å². The fourth-order valence-corrected chi connectivity index (χ4v) is 4.56. The second-order valence-electron chi connectivity index (χ2n) is 7.67. The van der Waals surface area contributed by atoms with Crippen LogP contribution in [0.2, 0.25) is 10.0 Å². The molecule has 2 aromatic carbocycles. The Bertz CT molecular complexity index is 1010. The van der Waals surface area contributed by atoms with Crippen LogP contribution in [-0.2, 0) is 4.79 Å².